The van der Waals surface area contributed by atoms with Crippen LogP contribution in [0.4, 0.5) is 0 Å². The lowest BCUT2D eigenvalue weighted by Gasteiger charge is -2.34. The number of rotatable bonds is 7. The maximum atomic E-state index is 12.6. The van der Waals surface area contributed by atoms with Gasteiger partial charge in [0.15, 0.2) is 0 Å². The second-order valence-electron chi connectivity index (χ2n) is 6.60. The van der Waals surface area contributed by atoms with Crippen molar-refractivity contribution in [2.45, 2.75) is 0 Å². The van der Waals surface area contributed by atoms with Crippen LogP contribution in [0.1, 0.15) is 20.7 Å². The molecule has 0 saturated carbocycles. The minimum atomic E-state index is -0.497. The number of methoxy groups -OCH3 is 1. The molecular formula is C21H25N3O4. The fourth-order valence-electron chi connectivity index (χ4n) is 3.12. The van der Waals surface area contributed by atoms with Crippen LogP contribution in [-0.4, -0.2) is 68.1 Å². The molecule has 148 valence electrons. The van der Waals surface area contributed by atoms with Gasteiger partial charge in [-0.15, -0.1) is 0 Å². The molecule has 7 heteroatoms. The van der Waals surface area contributed by atoms with Gasteiger partial charge in [-0.25, -0.2) is 0 Å². The molecule has 0 aliphatic carbocycles. The fourth-order valence-corrected chi connectivity index (χ4v) is 3.12. The summed E-state index contributed by atoms with van der Waals surface area (Å²) in [4.78, 5) is 27.8. The van der Waals surface area contributed by atoms with Gasteiger partial charge in [0.25, 0.3) is 5.91 Å². The molecule has 0 radical (unpaired) electrons. The molecule has 0 aromatic heterocycles. The molecule has 2 aromatic rings. The molecule has 0 unspecified atom stereocenters. The molecule has 2 amide bonds. The summed E-state index contributed by atoms with van der Waals surface area (Å²) in [5.41, 5.74) is 6.20. The Hall–Kier alpha value is -3.06. The summed E-state index contributed by atoms with van der Waals surface area (Å²) in [7, 11) is 1.63. The Morgan fingerprint density at radius 1 is 0.964 bits per heavy atom. The van der Waals surface area contributed by atoms with Gasteiger partial charge < -0.3 is 20.1 Å². The number of primary amides is 1. The van der Waals surface area contributed by atoms with Crippen LogP contribution >= 0.6 is 0 Å². The third-order valence-corrected chi connectivity index (χ3v) is 4.79. The van der Waals surface area contributed by atoms with Crippen molar-refractivity contribution < 1.29 is 19.1 Å². The zero-order chi connectivity index (χ0) is 19.9. The number of nitrogens with zero attached hydrogens (tertiary/aromatic N) is 2. The van der Waals surface area contributed by atoms with Crippen molar-refractivity contribution >= 4 is 11.8 Å². The summed E-state index contributed by atoms with van der Waals surface area (Å²) in [6, 6.07) is 14.0. The molecule has 28 heavy (non-hydrogen) atoms. The molecule has 1 saturated heterocycles. The minimum Gasteiger partial charge on any atom is -0.497 e. The van der Waals surface area contributed by atoms with Crippen molar-refractivity contribution in [1.29, 1.82) is 0 Å². The van der Waals surface area contributed by atoms with Crippen LogP contribution in [0.3, 0.4) is 0 Å². The first-order valence-corrected chi connectivity index (χ1v) is 9.25. The molecule has 7 nitrogen and oxygen atoms in total. The van der Waals surface area contributed by atoms with E-state index in [1.165, 1.54) is 0 Å². The lowest BCUT2D eigenvalue weighted by molar-refractivity contribution is 0.0620. The number of amides is 2. The highest BCUT2D eigenvalue weighted by atomic mass is 16.5. The van der Waals surface area contributed by atoms with Gasteiger partial charge in [-0.3, -0.25) is 14.5 Å². The molecular weight excluding hydrogens is 358 g/mol. The Labute approximate surface area is 164 Å². The van der Waals surface area contributed by atoms with Crippen molar-refractivity contribution in [1.82, 2.24) is 9.80 Å². The van der Waals surface area contributed by atoms with Gasteiger partial charge in [0.1, 0.15) is 18.1 Å². The molecule has 2 aromatic carbocycles. The largest absolute Gasteiger partial charge is 0.497 e. The normalized spacial score (nSPS) is 14.5. The van der Waals surface area contributed by atoms with E-state index in [1.54, 1.807) is 31.4 Å². The number of nitrogens with two attached hydrogens (primary N) is 1. The zero-order valence-corrected chi connectivity index (χ0v) is 16.0. The molecule has 2 N–H and O–H groups in total. The highest BCUT2D eigenvalue weighted by molar-refractivity contribution is 5.97. The van der Waals surface area contributed by atoms with Crippen LogP contribution in [0.25, 0.3) is 0 Å². The molecule has 1 fully saturated rings. The SMILES string of the molecule is COc1cccc(OCCN2CCN(C(=O)c3ccc(C(N)=O)cc3)CC2)c1. The van der Waals surface area contributed by atoms with Gasteiger partial charge in [-0.2, -0.15) is 0 Å². The van der Waals surface area contributed by atoms with Gasteiger partial charge in [0, 0.05) is 49.9 Å². The van der Waals surface area contributed by atoms with Crippen molar-refractivity contribution in [2.75, 3.05) is 46.4 Å². The smallest absolute Gasteiger partial charge is 0.253 e. The number of ether oxygens (including phenoxy) is 2. The van der Waals surface area contributed by atoms with E-state index in [-0.39, 0.29) is 5.91 Å². The predicted octanol–water partition coefficient (Wildman–Crippen LogP) is 1.63. The fraction of sp³-hybridized carbons (Fsp3) is 0.333. The maximum absolute atomic E-state index is 12.6. The number of benzene rings is 2. The van der Waals surface area contributed by atoms with Crippen LogP contribution < -0.4 is 15.2 Å². The average molecular weight is 383 g/mol. The van der Waals surface area contributed by atoms with Gasteiger partial charge >= 0.3 is 0 Å². The number of hydrogen-bond donors (Lipinski definition) is 1. The minimum absolute atomic E-state index is 0.0247. The van der Waals surface area contributed by atoms with Gasteiger partial charge in [-0.1, -0.05) is 6.07 Å². The zero-order valence-electron chi connectivity index (χ0n) is 16.0. The molecule has 0 spiro atoms. The van der Waals surface area contributed by atoms with Crippen LogP contribution in [0.15, 0.2) is 48.5 Å². The van der Waals surface area contributed by atoms with E-state index < -0.39 is 5.91 Å². The molecule has 1 heterocycles. The predicted molar refractivity (Wildman–Crippen MR) is 106 cm³/mol. The second kappa shape index (κ2) is 9.23. The Balaban J connectivity index is 1.43. The number of carbonyl (C=O) groups excluding carboxylic acids is 2. The van der Waals surface area contributed by atoms with Crippen molar-refractivity contribution in [2.24, 2.45) is 5.73 Å². The van der Waals surface area contributed by atoms with Crippen molar-refractivity contribution in [3.05, 3.63) is 59.7 Å². The van der Waals surface area contributed by atoms with Crippen molar-refractivity contribution in [3.8, 4) is 11.5 Å². The van der Waals surface area contributed by atoms with E-state index in [4.69, 9.17) is 15.2 Å². The second-order valence-corrected chi connectivity index (χ2v) is 6.60. The van der Waals surface area contributed by atoms with Gasteiger partial charge in [0.2, 0.25) is 5.91 Å². The summed E-state index contributed by atoms with van der Waals surface area (Å²) in [5.74, 6) is 1.04. The number of carbonyl (C=O) groups is 2. The maximum Gasteiger partial charge on any atom is 0.253 e. The molecule has 0 bridgehead atoms. The quantitative estimate of drug-likeness (QED) is 0.786. The Bertz CT molecular complexity index is 815. The van der Waals surface area contributed by atoms with E-state index in [0.29, 0.717) is 30.8 Å². The molecule has 3 rings (SSSR count). The van der Waals surface area contributed by atoms with Crippen LogP contribution in [0.5, 0.6) is 11.5 Å². The van der Waals surface area contributed by atoms with Crippen LogP contribution in [0.2, 0.25) is 0 Å². The summed E-state index contributed by atoms with van der Waals surface area (Å²) in [6.45, 7) is 4.30. The summed E-state index contributed by atoms with van der Waals surface area (Å²) in [6.07, 6.45) is 0. The first-order valence-electron chi connectivity index (χ1n) is 9.25. The molecule has 1 aliphatic rings. The Morgan fingerprint density at radius 2 is 1.61 bits per heavy atom. The summed E-state index contributed by atoms with van der Waals surface area (Å²) < 4.78 is 11.0. The molecule has 0 atom stereocenters. The molecule has 1 aliphatic heterocycles. The highest BCUT2D eigenvalue weighted by Gasteiger charge is 2.22. The topological polar surface area (TPSA) is 85.1 Å². The standard InChI is InChI=1S/C21H25N3O4/c1-27-18-3-2-4-19(15-18)28-14-13-23-9-11-24(12-10-23)21(26)17-7-5-16(6-8-17)20(22)25/h2-8,15H,9-14H2,1H3,(H2,22,25). The van der Waals surface area contributed by atoms with Crippen LogP contribution in [-0.2, 0) is 0 Å². The monoisotopic (exact) mass is 383 g/mol. The summed E-state index contributed by atoms with van der Waals surface area (Å²) >= 11 is 0. The first kappa shape index (κ1) is 19.7. The van der Waals surface area contributed by atoms with Gasteiger partial charge in [0.05, 0.1) is 7.11 Å². The third-order valence-electron chi connectivity index (χ3n) is 4.79. The Morgan fingerprint density at radius 3 is 2.25 bits per heavy atom. The lowest BCUT2D eigenvalue weighted by atomic mass is 10.1. The number of piperazine rings is 1. The van der Waals surface area contributed by atoms with E-state index in [1.807, 2.05) is 29.2 Å². The Kier molecular flexibility index (Phi) is 6.49. The third kappa shape index (κ3) is 5.01. The lowest BCUT2D eigenvalue weighted by Crippen LogP contribution is -2.49. The highest BCUT2D eigenvalue weighted by Crippen LogP contribution is 2.18. The van der Waals surface area contributed by atoms with E-state index in [2.05, 4.69) is 4.90 Å². The van der Waals surface area contributed by atoms with Gasteiger partial charge in [-0.05, 0) is 36.4 Å². The van der Waals surface area contributed by atoms with Crippen molar-refractivity contribution in [3.63, 3.8) is 0 Å². The van der Waals surface area contributed by atoms with E-state index in [0.717, 1.165) is 31.1 Å². The van der Waals surface area contributed by atoms with E-state index >= 15 is 0 Å². The summed E-state index contributed by atoms with van der Waals surface area (Å²) in [5, 5.41) is 0. The van der Waals surface area contributed by atoms with E-state index in [9.17, 15) is 9.59 Å². The number of hydrogen-bond acceptors (Lipinski definition) is 5. The van der Waals surface area contributed by atoms with Crippen LogP contribution in [0, 0.1) is 0 Å². The average Bonchev–Trinajstić information content (AvgIpc) is 2.74. The first-order chi connectivity index (χ1) is 13.6.